The number of benzene rings is 2. The van der Waals surface area contributed by atoms with Crippen molar-refractivity contribution in [1.82, 2.24) is 9.97 Å². The molecule has 1 N–H and O–H groups in total. The molecule has 0 aliphatic heterocycles. The van der Waals surface area contributed by atoms with Gasteiger partial charge in [-0.15, -0.1) is 11.3 Å². The molecule has 0 aliphatic carbocycles. The lowest BCUT2D eigenvalue weighted by atomic mass is 10.1. The molecule has 0 saturated heterocycles. The second kappa shape index (κ2) is 9.39. The van der Waals surface area contributed by atoms with E-state index in [0.29, 0.717) is 11.1 Å². The number of thiophene rings is 1. The van der Waals surface area contributed by atoms with Crippen molar-refractivity contribution in [1.29, 1.82) is 0 Å². The quantitative estimate of drug-likeness (QED) is 0.141. The zero-order valence-electron chi connectivity index (χ0n) is 17.4. The van der Waals surface area contributed by atoms with Crippen molar-refractivity contribution < 1.29 is 22.9 Å². The Balaban J connectivity index is 1.57. The first-order valence-corrected chi connectivity index (χ1v) is 11.5. The second-order valence-corrected chi connectivity index (χ2v) is 9.47. The summed E-state index contributed by atoms with van der Waals surface area (Å²) in [5.74, 6) is -0.699. The van der Waals surface area contributed by atoms with E-state index in [1.54, 1.807) is 0 Å². The van der Waals surface area contributed by atoms with Crippen molar-refractivity contribution in [3.8, 4) is 10.4 Å². The molecule has 4 rings (SSSR count). The molecule has 7 nitrogen and oxygen atoms in total. The summed E-state index contributed by atoms with van der Waals surface area (Å²) >= 11 is 2.55. The number of alkyl halides is 3. The van der Waals surface area contributed by atoms with E-state index in [2.05, 4.69) is 15.3 Å². The first kappa shape index (κ1) is 23.6. The van der Waals surface area contributed by atoms with E-state index in [0.717, 1.165) is 44.6 Å². The van der Waals surface area contributed by atoms with Gasteiger partial charge >= 0.3 is 6.18 Å². The summed E-state index contributed by atoms with van der Waals surface area (Å²) in [6.07, 6.45) is -3.51. The standard InChI is InChI=1S/C22H15F3N4O3S2/c1-12(19(30)28-17-8-7-14(29(31)32)9-16(17)22(23,24)25)33-20-15-10-18(13-5-3-2-4-6-13)34-21(15)27-11-26-20/h2-12H,1H3,(H,28,30). The van der Waals surface area contributed by atoms with Crippen LogP contribution in [0, 0.1) is 10.1 Å². The summed E-state index contributed by atoms with van der Waals surface area (Å²) in [7, 11) is 0. The molecule has 0 radical (unpaired) electrons. The van der Waals surface area contributed by atoms with Gasteiger partial charge in [-0.1, -0.05) is 42.1 Å². The van der Waals surface area contributed by atoms with Crippen LogP contribution in [0.4, 0.5) is 24.5 Å². The number of nitro benzene ring substituents is 1. The fourth-order valence-corrected chi connectivity index (χ4v) is 5.08. The maximum absolute atomic E-state index is 13.4. The van der Waals surface area contributed by atoms with Gasteiger partial charge < -0.3 is 5.32 Å². The van der Waals surface area contributed by atoms with E-state index < -0.39 is 39.2 Å². The smallest absolute Gasteiger partial charge is 0.325 e. The van der Waals surface area contributed by atoms with E-state index in [1.807, 2.05) is 36.4 Å². The predicted octanol–water partition coefficient (Wildman–Crippen LogP) is 6.40. The highest BCUT2D eigenvalue weighted by Crippen LogP contribution is 2.39. The van der Waals surface area contributed by atoms with Crippen LogP contribution in [-0.4, -0.2) is 26.0 Å². The van der Waals surface area contributed by atoms with Gasteiger partial charge in [0.15, 0.2) is 0 Å². The van der Waals surface area contributed by atoms with Crippen LogP contribution in [-0.2, 0) is 11.0 Å². The molecule has 4 aromatic rings. The van der Waals surface area contributed by atoms with Gasteiger partial charge in [0.05, 0.1) is 21.4 Å². The Morgan fingerprint density at radius 2 is 1.88 bits per heavy atom. The molecule has 0 fully saturated rings. The summed E-state index contributed by atoms with van der Waals surface area (Å²) < 4.78 is 40.2. The maximum atomic E-state index is 13.4. The lowest BCUT2D eigenvalue weighted by Crippen LogP contribution is -2.24. The van der Waals surface area contributed by atoms with Crippen molar-refractivity contribution in [2.45, 2.75) is 23.4 Å². The Bertz CT molecular complexity index is 1380. The molecular formula is C22H15F3N4O3S2. The number of nitrogens with zero attached hydrogens (tertiary/aromatic N) is 3. The number of halogens is 3. The van der Waals surface area contributed by atoms with Crippen LogP contribution in [0.5, 0.6) is 0 Å². The number of carbonyl (C=O) groups is 1. The molecule has 0 saturated carbocycles. The van der Waals surface area contributed by atoms with Gasteiger partial charge in [0.25, 0.3) is 5.69 Å². The fourth-order valence-electron chi connectivity index (χ4n) is 3.12. The minimum absolute atomic E-state index is 0.401. The molecule has 174 valence electrons. The lowest BCUT2D eigenvalue weighted by molar-refractivity contribution is -0.385. The molecule has 12 heteroatoms. The first-order chi connectivity index (χ1) is 16.1. The minimum atomic E-state index is -4.88. The van der Waals surface area contributed by atoms with E-state index in [9.17, 15) is 28.1 Å². The van der Waals surface area contributed by atoms with Gasteiger partial charge in [0.2, 0.25) is 5.91 Å². The third-order valence-corrected chi connectivity index (χ3v) is 6.99. The number of thioether (sulfide) groups is 1. The van der Waals surface area contributed by atoms with Crippen LogP contribution in [0.25, 0.3) is 20.7 Å². The number of anilines is 1. The van der Waals surface area contributed by atoms with Gasteiger partial charge in [-0.2, -0.15) is 13.2 Å². The molecule has 34 heavy (non-hydrogen) atoms. The highest BCUT2D eigenvalue weighted by molar-refractivity contribution is 8.00. The number of nitrogens with one attached hydrogen (secondary N) is 1. The first-order valence-electron chi connectivity index (χ1n) is 9.76. The summed E-state index contributed by atoms with van der Waals surface area (Å²) in [6, 6.07) is 13.8. The van der Waals surface area contributed by atoms with Crippen LogP contribution in [0.2, 0.25) is 0 Å². The number of hydrogen-bond acceptors (Lipinski definition) is 7. The third kappa shape index (κ3) is 5.02. The van der Waals surface area contributed by atoms with Crippen molar-refractivity contribution in [2.24, 2.45) is 0 Å². The number of hydrogen-bond donors (Lipinski definition) is 1. The Hall–Kier alpha value is -3.51. The molecule has 0 aliphatic rings. The number of amides is 1. The molecule has 0 bridgehead atoms. The number of fused-ring (bicyclic) bond motifs is 1. The summed E-state index contributed by atoms with van der Waals surface area (Å²) in [6.45, 7) is 1.54. The maximum Gasteiger partial charge on any atom is 0.418 e. The highest BCUT2D eigenvalue weighted by Gasteiger charge is 2.36. The predicted molar refractivity (Wildman–Crippen MR) is 125 cm³/mol. The van der Waals surface area contributed by atoms with Gasteiger partial charge in [-0.3, -0.25) is 14.9 Å². The van der Waals surface area contributed by atoms with Crippen molar-refractivity contribution in [2.75, 3.05) is 5.32 Å². The summed E-state index contributed by atoms with van der Waals surface area (Å²) in [5, 5.41) is 13.5. The van der Waals surface area contributed by atoms with Crippen molar-refractivity contribution >= 4 is 50.6 Å². The third-order valence-electron chi connectivity index (χ3n) is 4.79. The van der Waals surface area contributed by atoms with E-state index >= 15 is 0 Å². The Morgan fingerprint density at radius 3 is 2.56 bits per heavy atom. The van der Waals surface area contributed by atoms with E-state index in [4.69, 9.17) is 0 Å². The van der Waals surface area contributed by atoms with Crippen LogP contribution in [0.3, 0.4) is 0 Å². The average molecular weight is 505 g/mol. The van der Waals surface area contributed by atoms with E-state index in [-0.39, 0.29) is 0 Å². The van der Waals surface area contributed by atoms with Crippen LogP contribution < -0.4 is 5.32 Å². The molecule has 0 spiro atoms. The molecule has 2 aromatic carbocycles. The van der Waals surface area contributed by atoms with E-state index in [1.165, 1.54) is 24.6 Å². The zero-order valence-corrected chi connectivity index (χ0v) is 19.0. The SMILES string of the molecule is CC(Sc1ncnc2sc(-c3ccccc3)cc12)C(=O)Nc1ccc([N+](=O)[O-])cc1C(F)(F)F. The van der Waals surface area contributed by atoms with Gasteiger partial charge in [0, 0.05) is 22.4 Å². The lowest BCUT2D eigenvalue weighted by Gasteiger charge is -2.16. The Kier molecular flexibility index (Phi) is 6.53. The molecule has 2 heterocycles. The molecule has 2 aromatic heterocycles. The Morgan fingerprint density at radius 1 is 1.15 bits per heavy atom. The van der Waals surface area contributed by atoms with Crippen LogP contribution >= 0.6 is 23.1 Å². The van der Waals surface area contributed by atoms with Gasteiger partial charge in [0.1, 0.15) is 16.2 Å². The number of carbonyl (C=O) groups excluding carboxylic acids is 1. The molecule has 1 atom stereocenters. The molecule has 1 unspecified atom stereocenters. The number of non-ortho nitro benzene ring substituents is 1. The normalized spacial score (nSPS) is 12.5. The summed E-state index contributed by atoms with van der Waals surface area (Å²) in [4.78, 5) is 32.9. The van der Waals surface area contributed by atoms with Gasteiger partial charge in [-0.25, -0.2) is 9.97 Å². The van der Waals surface area contributed by atoms with Crippen LogP contribution in [0.1, 0.15) is 12.5 Å². The van der Waals surface area contributed by atoms with Crippen LogP contribution in [0.15, 0.2) is 66.0 Å². The zero-order chi connectivity index (χ0) is 24.5. The fraction of sp³-hybridized carbons (Fsp3) is 0.136. The largest absolute Gasteiger partial charge is 0.418 e. The number of rotatable bonds is 6. The van der Waals surface area contributed by atoms with Crippen molar-refractivity contribution in [3.05, 3.63) is 76.6 Å². The summed E-state index contributed by atoms with van der Waals surface area (Å²) in [5.41, 5.74) is -1.56. The highest BCUT2D eigenvalue weighted by atomic mass is 32.2. The number of nitro groups is 1. The average Bonchev–Trinajstić information content (AvgIpc) is 3.24. The topological polar surface area (TPSA) is 98.0 Å². The molecule has 1 amide bonds. The Labute approximate surface area is 199 Å². The second-order valence-electron chi connectivity index (χ2n) is 7.11. The van der Waals surface area contributed by atoms with Gasteiger partial charge in [-0.05, 0) is 24.6 Å². The number of aromatic nitrogens is 2. The monoisotopic (exact) mass is 504 g/mol. The minimum Gasteiger partial charge on any atom is -0.325 e. The van der Waals surface area contributed by atoms with Crippen molar-refractivity contribution in [3.63, 3.8) is 0 Å². The molecular weight excluding hydrogens is 489 g/mol.